The minimum Gasteiger partial charge on any atom is -0.327 e. The molecule has 1 atom stereocenters. The SMILES string of the molecule is Cc1ccc(NC(=O)NC(Cc2ccccc2)c2nnc(SCc3ccccc3)n2-c2ccc(C)cc2)cc1. The number of nitrogens with one attached hydrogen (secondary N) is 2. The van der Waals surface area contributed by atoms with Crippen molar-refractivity contribution in [3.8, 4) is 5.69 Å². The first-order chi connectivity index (χ1) is 19.0. The molecule has 0 saturated carbocycles. The largest absolute Gasteiger partial charge is 0.327 e. The minimum atomic E-state index is -0.419. The molecule has 0 saturated heterocycles. The summed E-state index contributed by atoms with van der Waals surface area (Å²) in [6.45, 7) is 4.09. The average Bonchev–Trinajstić information content (AvgIpc) is 3.38. The maximum absolute atomic E-state index is 13.2. The number of amides is 2. The second kappa shape index (κ2) is 12.5. The van der Waals surface area contributed by atoms with E-state index in [9.17, 15) is 4.79 Å². The molecule has 0 bridgehead atoms. The molecule has 1 heterocycles. The Kier molecular flexibility index (Phi) is 8.39. The van der Waals surface area contributed by atoms with Crippen LogP contribution >= 0.6 is 11.8 Å². The number of carbonyl (C=O) groups excluding carboxylic acids is 1. The third-order valence-corrected chi connectivity index (χ3v) is 7.37. The highest BCUT2D eigenvalue weighted by molar-refractivity contribution is 7.98. The number of aromatic nitrogens is 3. The Morgan fingerprint density at radius 2 is 1.36 bits per heavy atom. The number of carbonyl (C=O) groups is 1. The van der Waals surface area contributed by atoms with Crippen molar-refractivity contribution < 1.29 is 4.79 Å². The van der Waals surface area contributed by atoms with Crippen molar-refractivity contribution in [1.82, 2.24) is 20.1 Å². The van der Waals surface area contributed by atoms with E-state index < -0.39 is 6.04 Å². The minimum absolute atomic E-state index is 0.295. The maximum Gasteiger partial charge on any atom is 0.319 e. The summed E-state index contributed by atoms with van der Waals surface area (Å²) >= 11 is 1.63. The number of urea groups is 1. The van der Waals surface area contributed by atoms with E-state index in [0.717, 1.165) is 33.4 Å². The van der Waals surface area contributed by atoms with Gasteiger partial charge in [-0.25, -0.2) is 4.79 Å². The Hall–Kier alpha value is -4.36. The van der Waals surface area contributed by atoms with E-state index >= 15 is 0 Å². The van der Waals surface area contributed by atoms with Crippen molar-refractivity contribution in [3.05, 3.63) is 137 Å². The van der Waals surface area contributed by atoms with E-state index in [2.05, 4.69) is 80.9 Å². The lowest BCUT2D eigenvalue weighted by molar-refractivity contribution is 0.247. The first-order valence-corrected chi connectivity index (χ1v) is 13.9. The zero-order chi connectivity index (χ0) is 27.0. The second-order valence-corrected chi connectivity index (χ2v) is 10.4. The van der Waals surface area contributed by atoms with Crippen LogP contribution in [0.4, 0.5) is 10.5 Å². The van der Waals surface area contributed by atoms with Gasteiger partial charge in [0.2, 0.25) is 0 Å². The van der Waals surface area contributed by atoms with E-state index in [4.69, 9.17) is 0 Å². The molecule has 0 radical (unpaired) electrons. The van der Waals surface area contributed by atoms with Gasteiger partial charge in [0.25, 0.3) is 0 Å². The molecule has 6 nitrogen and oxygen atoms in total. The molecule has 0 aliphatic heterocycles. The summed E-state index contributed by atoms with van der Waals surface area (Å²) in [6.07, 6.45) is 0.565. The molecular weight excluding hydrogens is 502 g/mol. The van der Waals surface area contributed by atoms with Gasteiger partial charge in [0.15, 0.2) is 11.0 Å². The summed E-state index contributed by atoms with van der Waals surface area (Å²) in [5.74, 6) is 1.44. The summed E-state index contributed by atoms with van der Waals surface area (Å²) in [6, 6.07) is 35.8. The molecule has 1 unspecified atom stereocenters. The number of rotatable bonds is 9. The van der Waals surface area contributed by atoms with Gasteiger partial charge in [-0.3, -0.25) is 4.57 Å². The molecule has 0 aliphatic carbocycles. The summed E-state index contributed by atoms with van der Waals surface area (Å²) in [4.78, 5) is 13.2. The molecule has 0 spiro atoms. The molecule has 2 amide bonds. The number of hydrogen-bond donors (Lipinski definition) is 2. The number of anilines is 1. The number of thioether (sulfide) groups is 1. The second-order valence-electron chi connectivity index (χ2n) is 9.49. The molecule has 5 rings (SSSR count). The van der Waals surface area contributed by atoms with Gasteiger partial charge < -0.3 is 10.6 Å². The summed E-state index contributed by atoms with van der Waals surface area (Å²) < 4.78 is 2.06. The van der Waals surface area contributed by atoms with Gasteiger partial charge in [0, 0.05) is 23.5 Å². The summed E-state index contributed by atoms with van der Waals surface area (Å²) in [5.41, 5.74) is 6.29. The van der Waals surface area contributed by atoms with E-state index in [0.29, 0.717) is 12.2 Å². The molecule has 4 aromatic carbocycles. The highest BCUT2D eigenvalue weighted by Gasteiger charge is 2.25. The van der Waals surface area contributed by atoms with E-state index in [1.54, 1.807) is 11.8 Å². The molecule has 0 fully saturated rings. The van der Waals surface area contributed by atoms with Gasteiger partial charge in [-0.15, -0.1) is 10.2 Å². The highest BCUT2D eigenvalue weighted by Crippen LogP contribution is 2.29. The molecule has 0 aliphatic rings. The molecule has 1 aromatic heterocycles. The van der Waals surface area contributed by atoms with Crippen LogP contribution in [-0.2, 0) is 12.2 Å². The Labute approximate surface area is 233 Å². The van der Waals surface area contributed by atoms with Crippen LogP contribution in [-0.4, -0.2) is 20.8 Å². The Balaban J connectivity index is 1.49. The molecule has 196 valence electrons. The van der Waals surface area contributed by atoms with E-state index in [-0.39, 0.29) is 6.03 Å². The van der Waals surface area contributed by atoms with Crippen molar-refractivity contribution in [2.24, 2.45) is 0 Å². The number of nitrogens with zero attached hydrogens (tertiary/aromatic N) is 3. The molecule has 2 N–H and O–H groups in total. The maximum atomic E-state index is 13.2. The lowest BCUT2D eigenvalue weighted by Crippen LogP contribution is -2.35. The van der Waals surface area contributed by atoms with Crippen LogP contribution < -0.4 is 10.6 Å². The fourth-order valence-electron chi connectivity index (χ4n) is 4.28. The summed E-state index contributed by atoms with van der Waals surface area (Å²) in [7, 11) is 0. The Morgan fingerprint density at radius 1 is 0.769 bits per heavy atom. The van der Waals surface area contributed by atoms with Crippen molar-refractivity contribution in [3.63, 3.8) is 0 Å². The Morgan fingerprint density at radius 3 is 2.00 bits per heavy atom. The van der Waals surface area contributed by atoms with Crippen molar-refractivity contribution in [2.75, 3.05) is 5.32 Å². The Bertz CT molecular complexity index is 1500. The fraction of sp³-hybridized carbons (Fsp3) is 0.156. The zero-order valence-corrected chi connectivity index (χ0v) is 22.9. The monoisotopic (exact) mass is 533 g/mol. The summed E-state index contributed by atoms with van der Waals surface area (Å²) in [5, 5.41) is 16.2. The fourth-order valence-corrected chi connectivity index (χ4v) is 5.19. The smallest absolute Gasteiger partial charge is 0.319 e. The van der Waals surface area contributed by atoms with Gasteiger partial charge in [-0.2, -0.15) is 0 Å². The van der Waals surface area contributed by atoms with Gasteiger partial charge in [0.1, 0.15) is 0 Å². The van der Waals surface area contributed by atoms with Gasteiger partial charge in [-0.1, -0.05) is 108 Å². The lowest BCUT2D eigenvalue weighted by Gasteiger charge is -2.21. The first-order valence-electron chi connectivity index (χ1n) is 12.9. The van der Waals surface area contributed by atoms with Crippen LogP contribution in [0.1, 0.15) is 34.1 Å². The predicted octanol–water partition coefficient (Wildman–Crippen LogP) is 7.28. The topological polar surface area (TPSA) is 71.8 Å². The molecule has 7 heteroatoms. The van der Waals surface area contributed by atoms with Crippen molar-refractivity contribution in [1.29, 1.82) is 0 Å². The number of hydrogen-bond acceptors (Lipinski definition) is 4. The van der Waals surface area contributed by atoms with Crippen LogP contribution in [0.25, 0.3) is 5.69 Å². The number of aryl methyl sites for hydroxylation is 2. The number of benzene rings is 4. The van der Waals surface area contributed by atoms with Crippen molar-refractivity contribution in [2.45, 2.75) is 37.2 Å². The van der Waals surface area contributed by atoms with E-state index in [1.807, 2.05) is 67.6 Å². The lowest BCUT2D eigenvalue weighted by atomic mass is 10.1. The van der Waals surface area contributed by atoms with Gasteiger partial charge in [0.05, 0.1) is 6.04 Å². The van der Waals surface area contributed by atoms with Crippen LogP contribution in [0.5, 0.6) is 0 Å². The van der Waals surface area contributed by atoms with E-state index in [1.165, 1.54) is 11.1 Å². The van der Waals surface area contributed by atoms with Crippen LogP contribution in [0.3, 0.4) is 0 Å². The quantitative estimate of drug-likeness (QED) is 0.195. The van der Waals surface area contributed by atoms with Crippen LogP contribution in [0.15, 0.2) is 114 Å². The molecular formula is C32H31N5OS. The van der Waals surface area contributed by atoms with Crippen LogP contribution in [0, 0.1) is 13.8 Å². The third-order valence-electron chi connectivity index (χ3n) is 6.37. The first kappa shape index (κ1) is 26.3. The van der Waals surface area contributed by atoms with Crippen LogP contribution in [0.2, 0.25) is 0 Å². The van der Waals surface area contributed by atoms with Gasteiger partial charge >= 0.3 is 6.03 Å². The molecule has 5 aromatic rings. The average molecular weight is 534 g/mol. The van der Waals surface area contributed by atoms with Crippen molar-refractivity contribution >= 4 is 23.5 Å². The molecule has 39 heavy (non-hydrogen) atoms. The standard InChI is InChI=1S/C32H31N5OS/c1-23-13-17-27(18-14-23)33-31(38)34-29(21-25-9-5-3-6-10-25)30-35-36-32(39-22-26-11-7-4-8-12-26)37(30)28-19-15-24(2)16-20-28/h3-20,29H,21-22H2,1-2H3,(H2,33,34,38). The van der Waals surface area contributed by atoms with Gasteiger partial charge in [-0.05, 0) is 49.2 Å². The predicted molar refractivity (Wildman–Crippen MR) is 158 cm³/mol. The normalized spacial score (nSPS) is 11.6. The third kappa shape index (κ3) is 6.94. The zero-order valence-electron chi connectivity index (χ0n) is 22.0. The highest BCUT2D eigenvalue weighted by atomic mass is 32.2.